The number of methoxy groups -OCH3 is 1. The molecule has 1 aromatic heterocycles. The van der Waals surface area contributed by atoms with Gasteiger partial charge in [-0.15, -0.1) is 5.10 Å². The Morgan fingerprint density at radius 2 is 1.84 bits per heavy atom. The van der Waals surface area contributed by atoms with Crippen LogP contribution in [0, 0.1) is 6.92 Å². The quantitative estimate of drug-likeness (QED) is 0.614. The fourth-order valence-electron chi connectivity index (χ4n) is 4.95. The van der Waals surface area contributed by atoms with Crippen LogP contribution in [0.1, 0.15) is 41.4 Å². The molecule has 7 nitrogen and oxygen atoms in total. The van der Waals surface area contributed by atoms with E-state index in [0.29, 0.717) is 12.6 Å². The van der Waals surface area contributed by atoms with Gasteiger partial charge < -0.3 is 4.74 Å². The first kappa shape index (κ1) is 20.2. The maximum atomic E-state index is 5.29. The summed E-state index contributed by atoms with van der Waals surface area (Å²) in [5.41, 5.74) is 3.67. The highest BCUT2D eigenvalue weighted by atomic mass is 16.5. The second-order valence-electron chi connectivity index (χ2n) is 8.68. The van der Waals surface area contributed by atoms with E-state index in [1.54, 1.807) is 7.11 Å². The zero-order valence-electron chi connectivity index (χ0n) is 18.3. The van der Waals surface area contributed by atoms with Gasteiger partial charge in [-0.25, -0.2) is 4.68 Å². The number of hydrogen-bond acceptors (Lipinski definition) is 6. The highest BCUT2D eigenvalue weighted by Gasteiger charge is 2.36. The van der Waals surface area contributed by atoms with Gasteiger partial charge in [0.1, 0.15) is 5.75 Å². The van der Waals surface area contributed by atoms with Crippen molar-refractivity contribution in [1.82, 2.24) is 30.0 Å². The van der Waals surface area contributed by atoms with E-state index in [0.717, 1.165) is 36.8 Å². The van der Waals surface area contributed by atoms with Crippen LogP contribution in [0.15, 0.2) is 48.5 Å². The number of tetrazole rings is 1. The third-order valence-electron chi connectivity index (χ3n) is 6.67. The average molecular weight is 419 g/mol. The van der Waals surface area contributed by atoms with Gasteiger partial charge in [-0.05, 0) is 60.0 Å². The first-order chi connectivity index (χ1) is 15.2. The summed E-state index contributed by atoms with van der Waals surface area (Å²) in [7, 11) is 1.69. The van der Waals surface area contributed by atoms with Crippen molar-refractivity contribution in [1.29, 1.82) is 0 Å². The molecular weight excluding hydrogens is 388 g/mol. The minimum absolute atomic E-state index is 0.0524. The van der Waals surface area contributed by atoms with Crippen molar-refractivity contribution in [3.63, 3.8) is 0 Å². The van der Waals surface area contributed by atoms with Crippen LogP contribution >= 0.6 is 0 Å². The van der Waals surface area contributed by atoms with Crippen LogP contribution in [0.5, 0.6) is 5.75 Å². The van der Waals surface area contributed by atoms with Gasteiger partial charge in [0.15, 0.2) is 5.82 Å². The largest absolute Gasteiger partial charge is 0.497 e. The van der Waals surface area contributed by atoms with E-state index in [4.69, 9.17) is 4.74 Å². The molecule has 3 aromatic rings. The maximum Gasteiger partial charge on any atom is 0.173 e. The lowest BCUT2D eigenvalue weighted by atomic mass is 10.0. The van der Waals surface area contributed by atoms with Crippen molar-refractivity contribution < 1.29 is 4.74 Å². The molecule has 31 heavy (non-hydrogen) atoms. The van der Waals surface area contributed by atoms with Gasteiger partial charge in [-0.2, -0.15) is 0 Å². The maximum absolute atomic E-state index is 5.29. The van der Waals surface area contributed by atoms with Crippen LogP contribution < -0.4 is 4.74 Å². The SMILES string of the molecule is COc1ccc(Cn2nnnc2[C@H](c2ccc(C)cc2)N2CCN3CCC[C@@H]3C2)cc1. The second-order valence-corrected chi connectivity index (χ2v) is 8.68. The van der Waals surface area contributed by atoms with Crippen molar-refractivity contribution in [2.75, 3.05) is 33.3 Å². The van der Waals surface area contributed by atoms with Gasteiger partial charge in [-0.3, -0.25) is 9.80 Å². The Hall–Kier alpha value is -2.77. The first-order valence-electron chi connectivity index (χ1n) is 11.1. The van der Waals surface area contributed by atoms with Gasteiger partial charge in [0.2, 0.25) is 0 Å². The minimum atomic E-state index is 0.0524. The summed E-state index contributed by atoms with van der Waals surface area (Å²) in [6.45, 7) is 7.22. The molecule has 0 aliphatic carbocycles. The standard InChI is InChI=1S/C24H30N6O/c1-18-5-9-20(10-6-18)23(29-15-14-28-13-3-4-21(28)17-29)24-25-26-27-30(24)16-19-7-11-22(31-2)12-8-19/h5-12,21,23H,3-4,13-17H2,1-2H3/t21-,23+/m1/s1. The van der Waals surface area contributed by atoms with Gasteiger partial charge in [-0.1, -0.05) is 42.0 Å². The van der Waals surface area contributed by atoms with E-state index in [9.17, 15) is 0 Å². The number of nitrogens with zero attached hydrogens (tertiary/aromatic N) is 6. The second kappa shape index (κ2) is 8.77. The van der Waals surface area contributed by atoms with Gasteiger partial charge >= 0.3 is 0 Å². The lowest BCUT2D eigenvalue weighted by Gasteiger charge is -2.41. The van der Waals surface area contributed by atoms with Crippen molar-refractivity contribution in [3.8, 4) is 5.75 Å². The van der Waals surface area contributed by atoms with Crippen molar-refractivity contribution >= 4 is 0 Å². The van der Waals surface area contributed by atoms with Crippen LogP contribution in [0.3, 0.4) is 0 Å². The number of benzene rings is 2. The highest BCUT2D eigenvalue weighted by Crippen LogP contribution is 2.32. The van der Waals surface area contributed by atoms with E-state index in [2.05, 4.69) is 68.6 Å². The zero-order valence-corrected chi connectivity index (χ0v) is 18.3. The molecule has 0 amide bonds. The molecule has 5 rings (SSSR count). The molecule has 0 bridgehead atoms. The summed E-state index contributed by atoms with van der Waals surface area (Å²) < 4.78 is 7.24. The molecule has 2 fully saturated rings. The van der Waals surface area contributed by atoms with E-state index < -0.39 is 0 Å². The summed E-state index contributed by atoms with van der Waals surface area (Å²) in [5.74, 6) is 1.76. The third-order valence-corrected chi connectivity index (χ3v) is 6.67. The molecule has 2 aliphatic heterocycles. The van der Waals surface area contributed by atoms with Gasteiger partial charge in [0.25, 0.3) is 0 Å². The van der Waals surface area contributed by atoms with Crippen molar-refractivity contribution in [3.05, 3.63) is 71.0 Å². The Labute approximate surface area is 183 Å². The van der Waals surface area contributed by atoms with Crippen LogP contribution in [0.25, 0.3) is 0 Å². The molecule has 2 aliphatic rings. The molecule has 3 heterocycles. The first-order valence-corrected chi connectivity index (χ1v) is 11.1. The highest BCUT2D eigenvalue weighted by molar-refractivity contribution is 5.30. The van der Waals surface area contributed by atoms with Crippen LogP contribution in [-0.4, -0.2) is 69.3 Å². The Balaban J connectivity index is 1.46. The number of piperazine rings is 1. The Kier molecular flexibility index (Phi) is 5.70. The van der Waals surface area contributed by atoms with E-state index in [1.807, 2.05) is 16.8 Å². The number of fused-ring (bicyclic) bond motifs is 1. The molecule has 0 spiro atoms. The molecule has 0 N–H and O–H groups in total. The molecule has 0 radical (unpaired) electrons. The Morgan fingerprint density at radius 3 is 2.61 bits per heavy atom. The third kappa shape index (κ3) is 4.20. The lowest BCUT2D eigenvalue weighted by molar-refractivity contribution is 0.0794. The van der Waals surface area contributed by atoms with Crippen LogP contribution in [0.4, 0.5) is 0 Å². The Bertz CT molecular complexity index is 1000. The number of aryl methyl sites for hydroxylation is 1. The minimum Gasteiger partial charge on any atom is -0.497 e. The molecule has 2 aromatic carbocycles. The van der Waals surface area contributed by atoms with E-state index in [-0.39, 0.29) is 6.04 Å². The lowest BCUT2D eigenvalue weighted by Crippen LogP contribution is -2.51. The number of aromatic nitrogens is 4. The smallest absolute Gasteiger partial charge is 0.173 e. The summed E-state index contributed by atoms with van der Waals surface area (Å²) in [5, 5.41) is 13.0. The summed E-state index contributed by atoms with van der Waals surface area (Å²) in [6, 6.07) is 17.6. The Morgan fingerprint density at radius 1 is 1.03 bits per heavy atom. The fraction of sp³-hybridized carbons (Fsp3) is 0.458. The van der Waals surface area contributed by atoms with E-state index >= 15 is 0 Å². The van der Waals surface area contributed by atoms with E-state index in [1.165, 1.54) is 30.5 Å². The van der Waals surface area contributed by atoms with Crippen LogP contribution in [-0.2, 0) is 6.54 Å². The molecule has 162 valence electrons. The van der Waals surface area contributed by atoms with Crippen molar-refractivity contribution in [2.45, 2.75) is 38.4 Å². The predicted octanol–water partition coefficient (Wildman–Crippen LogP) is 2.91. The molecule has 2 saturated heterocycles. The number of hydrogen-bond donors (Lipinski definition) is 0. The molecular formula is C24H30N6O. The topological polar surface area (TPSA) is 59.3 Å². The van der Waals surface area contributed by atoms with Crippen LogP contribution in [0.2, 0.25) is 0 Å². The zero-order chi connectivity index (χ0) is 21.2. The predicted molar refractivity (Wildman–Crippen MR) is 119 cm³/mol. The molecule has 0 unspecified atom stereocenters. The molecule has 0 saturated carbocycles. The summed E-state index contributed by atoms with van der Waals surface area (Å²) in [4.78, 5) is 5.22. The average Bonchev–Trinajstić information content (AvgIpc) is 3.45. The monoisotopic (exact) mass is 418 g/mol. The van der Waals surface area contributed by atoms with Crippen molar-refractivity contribution in [2.24, 2.45) is 0 Å². The number of ether oxygens (including phenoxy) is 1. The van der Waals surface area contributed by atoms with Gasteiger partial charge in [0, 0.05) is 25.7 Å². The molecule has 7 heteroatoms. The summed E-state index contributed by atoms with van der Waals surface area (Å²) in [6.07, 6.45) is 2.59. The number of rotatable bonds is 6. The summed E-state index contributed by atoms with van der Waals surface area (Å²) >= 11 is 0. The van der Waals surface area contributed by atoms with Gasteiger partial charge in [0.05, 0.1) is 19.7 Å². The molecule has 2 atom stereocenters. The normalized spacial score (nSPS) is 20.5. The fourth-order valence-corrected chi connectivity index (χ4v) is 4.95.